The van der Waals surface area contributed by atoms with Crippen molar-refractivity contribution >= 4 is 28.8 Å². The Hall–Kier alpha value is -4.15. The number of para-hydroxylation sites is 1. The van der Waals surface area contributed by atoms with Gasteiger partial charge in [-0.2, -0.15) is 18.2 Å². The molecule has 5 rings (SSSR count). The maximum atomic E-state index is 13.7. The van der Waals surface area contributed by atoms with Gasteiger partial charge < -0.3 is 18.6 Å². The van der Waals surface area contributed by atoms with Crippen LogP contribution in [-0.2, 0) is 23.9 Å². The number of hydrogen-bond acceptors (Lipinski definition) is 7. The zero-order valence-electron chi connectivity index (χ0n) is 20.6. The van der Waals surface area contributed by atoms with Crippen molar-refractivity contribution in [2.75, 3.05) is 18.0 Å². The summed E-state index contributed by atoms with van der Waals surface area (Å²) in [6.45, 7) is 2.96. The second-order valence-electron chi connectivity index (χ2n) is 9.45. The molecule has 0 saturated carbocycles. The highest BCUT2D eigenvalue weighted by Crippen LogP contribution is 2.35. The Labute approximate surface area is 216 Å². The largest absolute Gasteiger partial charge is 0.437 e. The van der Waals surface area contributed by atoms with E-state index >= 15 is 0 Å². The SMILES string of the molecule is CC1CCCN(c2nc(C(F)(F)F)c(C(=O)Cc3cnc4c(ccn4CC(=O)Oc4ccccc4)c3)o2)C1. The number of benzene rings is 1. The summed E-state index contributed by atoms with van der Waals surface area (Å²) in [5.74, 6) is -1.42. The van der Waals surface area contributed by atoms with Crippen LogP contribution in [0.2, 0.25) is 0 Å². The van der Waals surface area contributed by atoms with Crippen LogP contribution in [0.1, 0.15) is 41.6 Å². The molecule has 11 heteroatoms. The molecular weight excluding hydrogens is 501 g/mol. The van der Waals surface area contributed by atoms with Gasteiger partial charge in [0.25, 0.3) is 6.01 Å². The highest BCUT2D eigenvalue weighted by atomic mass is 19.4. The quantitative estimate of drug-likeness (QED) is 0.183. The van der Waals surface area contributed by atoms with Gasteiger partial charge in [-0.1, -0.05) is 25.1 Å². The van der Waals surface area contributed by atoms with Gasteiger partial charge in [0, 0.05) is 37.3 Å². The van der Waals surface area contributed by atoms with E-state index in [0.717, 1.165) is 12.8 Å². The average molecular weight is 527 g/mol. The first-order valence-corrected chi connectivity index (χ1v) is 12.2. The number of piperidine rings is 1. The lowest BCUT2D eigenvalue weighted by atomic mass is 10.0. The van der Waals surface area contributed by atoms with Gasteiger partial charge in [-0.05, 0) is 48.6 Å². The Bertz CT molecular complexity index is 1460. The topological polar surface area (TPSA) is 90.5 Å². The molecule has 1 aromatic carbocycles. The summed E-state index contributed by atoms with van der Waals surface area (Å²) in [7, 11) is 0. The number of aromatic nitrogens is 3. The predicted molar refractivity (Wildman–Crippen MR) is 132 cm³/mol. The Morgan fingerprint density at radius 1 is 1.18 bits per heavy atom. The Morgan fingerprint density at radius 2 is 1.97 bits per heavy atom. The van der Waals surface area contributed by atoms with Crippen molar-refractivity contribution in [3.63, 3.8) is 0 Å². The number of pyridine rings is 1. The fourth-order valence-corrected chi connectivity index (χ4v) is 4.59. The van der Waals surface area contributed by atoms with Crippen LogP contribution in [0, 0.1) is 5.92 Å². The summed E-state index contributed by atoms with van der Waals surface area (Å²) in [4.78, 5) is 34.9. The fraction of sp³-hybridized carbons (Fsp3) is 0.333. The van der Waals surface area contributed by atoms with Gasteiger partial charge in [0.1, 0.15) is 17.9 Å². The van der Waals surface area contributed by atoms with E-state index in [9.17, 15) is 22.8 Å². The van der Waals surface area contributed by atoms with Crippen LogP contribution in [0.25, 0.3) is 11.0 Å². The van der Waals surface area contributed by atoms with Gasteiger partial charge in [-0.3, -0.25) is 4.79 Å². The lowest BCUT2D eigenvalue weighted by Gasteiger charge is -2.29. The van der Waals surface area contributed by atoms with E-state index in [4.69, 9.17) is 9.15 Å². The summed E-state index contributed by atoms with van der Waals surface area (Å²) < 4.78 is 53.5. The molecule has 8 nitrogen and oxygen atoms in total. The number of ketones is 1. The maximum absolute atomic E-state index is 13.7. The summed E-state index contributed by atoms with van der Waals surface area (Å²) >= 11 is 0. The Kier molecular flexibility index (Phi) is 6.92. The molecule has 4 aromatic rings. The van der Waals surface area contributed by atoms with Crippen molar-refractivity contribution in [1.82, 2.24) is 14.5 Å². The summed E-state index contributed by atoms with van der Waals surface area (Å²) in [6, 6.07) is 11.8. The van der Waals surface area contributed by atoms with Crippen molar-refractivity contribution in [1.29, 1.82) is 0 Å². The third-order valence-corrected chi connectivity index (χ3v) is 6.36. The molecule has 1 unspecified atom stereocenters. The van der Waals surface area contributed by atoms with Crippen LogP contribution in [0.3, 0.4) is 0 Å². The van der Waals surface area contributed by atoms with Gasteiger partial charge in [0.2, 0.25) is 11.5 Å². The van der Waals surface area contributed by atoms with Crippen molar-refractivity contribution < 1.29 is 31.9 Å². The minimum atomic E-state index is -4.83. The molecular formula is C27H25F3N4O4. The minimum absolute atomic E-state index is 0.0887. The molecule has 0 radical (unpaired) electrons. The monoisotopic (exact) mass is 526 g/mol. The van der Waals surface area contributed by atoms with Gasteiger partial charge in [0.15, 0.2) is 5.69 Å². The molecule has 38 heavy (non-hydrogen) atoms. The number of carbonyl (C=O) groups is 2. The second kappa shape index (κ2) is 10.3. The number of Topliss-reactive ketones (excluding diaryl/α,β-unsaturated/α-hetero) is 1. The molecule has 1 atom stereocenters. The third kappa shape index (κ3) is 5.56. The molecule has 0 bridgehead atoms. The van der Waals surface area contributed by atoms with E-state index in [0.29, 0.717) is 35.4 Å². The summed E-state index contributed by atoms with van der Waals surface area (Å²) in [5, 5.41) is 0.624. The molecule has 3 aromatic heterocycles. The lowest BCUT2D eigenvalue weighted by molar-refractivity contribution is -0.141. The number of carbonyl (C=O) groups excluding carboxylic acids is 2. The molecule has 0 aliphatic carbocycles. The van der Waals surface area contributed by atoms with Crippen LogP contribution in [0.15, 0.2) is 59.3 Å². The minimum Gasteiger partial charge on any atom is -0.425 e. The lowest BCUT2D eigenvalue weighted by Crippen LogP contribution is -2.34. The van der Waals surface area contributed by atoms with Gasteiger partial charge in [-0.15, -0.1) is 0 Å². The van der Waals surface area contributed by atoms with Gasteiger partial charge in [0.05, 0.1) is 0 Å². The first-order chi connectivity index (χ1) is 18.2. The number of ether oxygens (including phenoxy) is 1. The molecule has 0 spiro atoms. The third-order valence-electron chi connectivity index (χ3n) is 6.36. The van der Waals surface area contributed by atoms with Crippen molar-refractivity contribution in [3.8, 4) is 5.75 Å². The van der Waals surface area contributed by atoms with E-state index in [1.165, 1.54) is 6.20 Å². The molecule has 1 saturated heterocycles. The maximum Gasteiger partial charge on any atom is 0.437 e. The molecule has 198 valence electrons. The highest BCUT2D eigenvalue weighted by Gasteiger charge is 2.42. The first kappa shape index (κ1) is 25.5. The molecule has 1 fully saturated rings. The molecule has 1 aliphatic heterocycles. The number of nitrogens with zero attached hydrogens (tertiary/aromatic N) is 4. The van der Waals surface area contributed by atoms with Gasteiger partial charge >= 0.3 is 12.1 Å². The number of halogens is 3. The summed E-state index contributed by atoms with van der Waals surface area (Å²) in [5.41, 5.74) is -0.430. The number of fused-ring (bicyclic) bond motifs is 1. The molecule has 1 aliphatic rings. The van der Waals surface area contributed by atoms with Crippen LogP contribution >= 0.6 is 0 Å². The molecule has 0 N–H and O–H groups in total. The zero-order valence-corrected chi connectivity index (χ0v) is 20.6. The van der Waals surface area contributed by atoms with E-state index in [-0.39, 0.29) is 24.9 Å². The fourth-order valence-electron chi connectivity index (χ4n) is 4.59. The highest BCUT2D eigenvalue weighted by molar-refractivity contribution is 5.96. The average Bonchev–Trinajstić information content (AvgIpc) is 3.50. The Balaban J connectivity index is 1.32. The van der Waals surface area contributed by atoms with Crippen molar-refractivity contribution in [2.24, 2.45) is 5.92 Å². The van der Waals surface area contributed by atoms with Crippen LogP contribution < -0.4 is 9.64 Å². The van der Waals surface area contributed by atoms with E-state index in [1.807, 2.05) is 13.0 Å². The number of oxazole rings is 1. The van der Waals surface area contributed by atoms with E-state index < -0.39 is 29.4 Å². The van der Waals surface area contributed by atoms with E-state index in [2.05, 4.69) is 9.97 Å². The zero-order chi connectivity index (χ0) is 26.9. The normalized spacial score (nSPS) is 16.1. The van der Waals surface area contributed by atoms with Crippen molar-refractivity contribution in [2.45, 2.75) is 38.9 Å². The van der Waals surface area contributed by atoms with Crippen LogP contribution in [-0.4, -0.2) is 39.4 Å². The second-order valence-corrected chi connectivity index (χ2v) is 9.45. The number of anilines is 1. The predicted octanol–water partition coefficient (Wildman–Crippen LogP) is 5.31. The standard InChI is InChI=1S/C27H25F3N4O4/c1-17-6-5-10-34(15-17)26-32-24(27(28,29)30)23(38-26)21(35)13-18-12-19-9-11-33(25(19)31-14-18)16-22(36)37-20-7-3-2-4-8-20/h2-4,7-9,11-12,14,17H,5-6,10,13,15-16H2,1H3. The first-order valence-electron chi connectivity index (χ1n) is 12.2. The molecule has 4 heterocycles. The number of esters is 1. The van der Waals surface area contributed by atoms with E-state index in [1.54, 1.807) is 52.1 Å². The number of alkyl halides is 3. The van der Waals surface area contributed by atoms with Crippen molar-refractivity contribution in [3.05, 3.63) is 71.9 Å². The number of rotatable bonds is 7. The number of hydrogen-bond donors (Lipinski definition) is 0. The smallest absolute Gasteiger partial charge is 0.425 e. The Morgan fingerprint density at radius 3 is 2.71 bits per heavy atom. The molecule has 0 amide bonds. The van der Waals surface area contributed by atoms with Crippen LogP contribution in [0.4, 0.5) is 19.2 Å². The summed E-state index contributed by atoms with van der Waals surface area (Å²) in [6.07, 6.45) is -0.347. The van der Waals surface area contributed by atoms with Crippen LogP contribution in [0.5, 0.6) is 5.75 Å². The van der Waals surface area contributed by atoms with Gasteiger partial charge in [-0.25, -0.2) is 9.78 Å².